The number of nitrogens with one attached hydrogen (secondary N) is 1. The van der Waals surface area contributed by atoms with E-state index in [9.17, 15) is 18.7 Å². The summed E-state index contributed by atoms with van der Waals surface area (Å²) in [6.07, 6.45) is -0.0698. The van der Waals surface area contributed by atoms with E-state index in [0.29, 0.717) is 12.0 Å². The molecule has 0 aliphatic carbocycles. The molecule has 2 aromatic rings. The second kappa shape index (κ2) is 9.99. The van der Waals surface area contributed by atoms with Crippen molar-refractivity contribution in [1.29, 1.82) is 0 Å². The Bertz CT molecular complexity index is 709. The summed E-state index contributed by atoms with van der Waals surface area (Å²) < 4.78 is 26.7. The molecule has 0 spiro atoms. The van der Waals surface area contributed by atoms with E-state index in [4.69, 9.17) is 4.84 Å². The van der Waals surface area contributed by atoms with E-state index in [2.05, 4.69) is 5.48 Å². The lowest BCUT2D eigenvalue weighted by Gasteiger charge is -2.21. The SMILES string of the molecule is CC[C@H](O)[C@@H](CCc1ccc(F)cc1F)C(=O)NOCc1ccccc1. The molecule has 0 fully saturated rings. The minimum atomic E-state index is -0.876. The molecule has 1 amide bonds. The number of hydrogen-bond donors (Lipinski definition) is 2. The van der Waals surface area contributed by atoms with Gasteiger partial charge in [-0.05, 0) is 36.5 Å². The molecule has 26 heavy (non-hydrogen) atoms. The Labute approximate surface area is 151 Å². The molecule has 0 bridgehead atoms. The third-order valence-electron chi connectivity index (χ3n) is 4.21. The predicted molar refractivity (Wildman–Crippen MR) is 93.8 cm³/mol. The lowest BCUT2D eigenvalue weighted by molar-refractivity contribution is -0.143. The maximum Gasteiger partial charge on any atom is 0.249 e. The van der Waals surface area contributed by atoms with Gasteiger partial charge in [0.1, 0.15) is 11.6 Å². The Morgan fingerprint density at radius 1 is 1.19 bits per heavy atom. The van der Waals surface area contributed by atoms with E-state index < -0.39 is 29.6 Å². The molecule has 0 aliphatic heterocycles. The Kier molecular flexibility index (Phi) is 7.69. The molecule has 0 saturated carbocycles. The minimum absolute atomic E-state index is 0.202. The van der Waals surface area contributed by atoms with Crippen LogP contribution in [0.1, 0.15) is 30.9 Å². The molecule has 0 aromatic heterocycles. The lowest BCUT2D eigenvalue weighted by atomic mass is 9.92. The quantitative estimate of drug-likeness (QED) is 0.670. The van der Waals surface area contributed by atoms with Crippen LogP contribution < -0.4 is 5.48 Å². The number of carbonyl (C=O) groups is 1. The normalized spacial score (nSPS) is 13.2. The first-order valence-corrected chi connectivity index (χ1v) is 8.58. The smallest absolute Gasteiger partial charge is 0.249 e. The third-order valence-corrected chi connectivity index (χ3v) is 4.21. The van der Waals surface area contributed by atoms with Crippen molar-refractivity contribution in [2.45, 2.75) is 38.9 Å². The average molecular weight is 363 g/mol. The van der Waals surface area contributed by atoms with Crippen molar-refractivity contribution in [3.05, 3.63) is 71.3 Å². The average Bonchev–Trinajstić information content (AvgIpc) is 2.64. The fourth-order valence-electron chi connectivity index (χ4n) is 2.66. The van der Waals surface area contributed by atoms with Crippen molar-refractivity contribution in [2.75, 3.05) is 0 Å². The van der Waals surface area contributed by atoms with E-state index >= 15 is 0 Å². The van der Waals surface area contributed by atoms with Gasteiger partial charge < -0.3 is 5.11 Å². The van der Waals surface area contributed by atoms with Crippen molar-refractivity contribution in [3.63, 3.8) is 0 Å². The number of hydroxylamine groups is 1. The third kappa shape index (κ3) is 5.89. The number of amides is 1. The Hall–Kier alpha value is -2.31. The highest BCUT2D eigenvalue weighted by atomic mass is 19.1. The minimum Gasteiger partial charge on any atom is -0.392 e. The number of aliphatic hydroxyl groups is 1. The second-order valence-electron chi connectivity index (χ2n) is 6.10. The molecule has 0 unspecified atom stereocenters. The van der Waals surface area contributed by atoms with Gasteiger partial charge in [0, 0.05) is 6.07 Å². The molecule has 2 atom stereocenters. The molecule has 0 heterocycles. The van der Waals surface area contributed by atoms with Crippen LogP contribution in [0.15, 0.2) is 48.5 Å². The summed E-state index contributed by atoms with van der Waals surface area (Å²) in [6, 6.07) is 12.7. The first kappa shape index (κ1) is 20.0. The van der Waals surface area contributed by atoms with Crippen molar-refractivity contribution < 1.29 is 23.5 Å². The molecule has 2 rings (SSSR count). The number of halogens is 2. The number of aryl methyl sites for hydroxylation is 1. The first-order valence-electron chi connectivity index (χ1n) is 8.58. The molecule has 0 aliphatic rings. The molecule has 2 aromatic carbocycles. The predicted octanol–water partition coefficient (Wildman–Crippen LogP) is 3.53. The molecule has 6 heteroatoms. The summed E-state index contributed by atoms with van der Waals surface area (Å²) in [5.74, 6) is -2.52. The monoisotopic (exact) mass is 363 g/mol. The van der Waals surface area contributed by atoms with Gasteiger partial charge in [0.05, 0.1) is 18.6 Å². The topological polar surface area (TPSA) is 58.6 Å². The number of aliphatic hydroxyl groups excluding tert-OH is 1. The fourth-order valence-corrected chi connectivity index (χ4v) is 2.66. The van der Waals surface area contributed by atoms with Gasteiger partial charge in [-0.2, -0.15) is 0 Å². The molecule has 0 saturated heterocycles. The van der Waals surface area contributed by atoms with E-state index in [-0.39, 0.29) is 19.4 Å². The first-order chi connectivity index (χ1) is 12.5. The van der Waals surface area contributed by atoms with Gasteiger partial charge in [0.25, 0.3) is 0 Å². The molecule has 4 nitrogen and oxygen atoms in total. The Morgan fingerprint density at radius 2 is 1.92 bits per heavy atom. The van der Waals surface area contributed by atoms with E-state index in [0.717, 1.165) is 11.6 Å². The van der Waals surface area contributed by atoms with Crippen LogP contribution >= 0.6 is 0 Å². The summed E-state index contributed by atoms with van der Waals surface area (Å²) in [4.78, 5) is 17.6. The standard InChI is InChI=1S/C20H23F2NO3/c1-2-19(24)17(11-9-15-8-10-16(21)12-18(15)22)20(25)23-26-13-14-6-4-3-5-7-14/h3-8,10,12,17,19,24H,2,9,11,13H2,1H3,(H,23,25)/t17-,19+/m1/s1. The van der Waals surface area contributed by atoms with E-state index in [1.165, 1.54) is 12.1 Å². The van der Waals surface area contributed by atoms with Crippen LogP contribution in [0.25, 0.3) is 0 Å². The van der Waals surface area contributed by atoms with Gasteiger partial charge in [0.15, 0.2) is 0 Å². The van der Waals surface area contributed by atoms with Crippen LogP contribution in [0.2, 0.25) is 0 Å². The van der Waals surface area contributed by atoms with Crippen molar-refractivity contribution in [3.8, 4) is 0 Å². The summed E-state index contributed by atoms with van der Waals surface area (Å²) in [5.41, 5.74) is 3.55. The zero-order valence-corrected chi connectivity index (χ0v) is 14.6. The molecular weight excluding hydrogens is 340 g/mol. The van der Waals surface area contributed by atoms with Crippen LogP contribution in [-0.4, -0.2) is 17.1 Å². The maximum atomic E-state index is 13.7. The number of carbonyl (C=O) groups excluding carboxylic acids is 1. The Morgan fingerprint density at radius 3 is 2.58 bits per heavy atom. The molecule has 2 N–H and O–H groups in total. The van der Waals surface area contributed by atoms with Gasteiger partial charge in [-0.15, -0.1) is 0 Å². The van der Waals surface area contributed by atoms with E-state index in [1.54, 1.807) is 6.92 Å². The summed E-state index contributed by atoms with van der Waals surface area (Å²) in [7, 11) is 0. The van der Waals surface area contributed by atoms with Crippen molar-refractivity contribution in [1.82, 2.24) is 5.48 Å². The van der Waals surface area contributed by atoms with Gasteiger partial charge in [0.2, 0.25) is 5.91 Å². The van der Waals surface area contributed by atoms with Crippen LogP contribution in [0.4, 0.5) is 8.78 Å². The number of rotatable bonds is 9. The van der Waals surface area contributed by atoms with Crippen LogP contribution in [0.5, 0.6) is 0 Å². The Balaban J connectivity index is 1.91. The zero-order chi connectivity index (χ0) is 18.9. The molecule has 0 radical (unpaired) electrons. The largest absolute Gasteiger partial charge is 0.392 e. The van der Waals surface area contributed by atoms with E-state index in [1.807, 2.05) is 30.3 Å². The highest BCUT2D eigenvalue weighted by Crippen LogP contribution is 2.19. The van der Waals surface area contributed by atoms with Crippen LogP contribution in [-0.2, 0) is 22.7 Å². The van der Waals surface area contributed by atoms with Crippen molar-refractivity contribution >= 4 is 5.91 Å². The fraction of sp³-hybridized carbons (Fsp3) is 0.350. The van der Waals surface area contributed by atoms with Gasteiger partial charge >= 0.3 is 0 Å². The molecule has 140 valence electrons. The maximum absolute atomic E-state index is 13.7. The van der Waals surface area contributed by atoms with Gasteiger partial charge in [-0.25, -0.2) is 14.3 Å². The second-order valence-corrected chi connectivity index (χ2v) is 6.10. The van der Waals surface area contributed by atoms with Crippen molar-refractivity contribution in [2.24, 2.45) is 5.92 Å². The number of hydrogen-bond acceptors (Lipinski definition) is 3. The highest BCUT2D eigenvalue weighted by Gasteiger charge is 2.26. The summed E-state index contributed by atoms with van der Waals surface area (Å²) in [5, 5.41) is 10.1. The highest BCUT2D eigenvalue weighted by molar-refractivity contribution is 5.78. The van der Waals surface area contributed by atoms with Crippen LogP contribution in [0.3, 0.4) is 0 Å². The zero-order valence-electron chi connectivity index (χ0n) is 14.6. The van der Waals surface area contributed by atoms with Crippen LogP contribution in [0, 0.1) is 17.6 Å². The lowest BCUT2D eigenvalue weighted by Crippen LogP contribution is -2.37. The van der Waals surface area contributed by atoms with Gasteiger partial charge in [-0.1, -0.05) is 43.3 Å². The number of benzene rings is 2. The summed E-state index contributed by atoms with van der Waals surface area (Å²) >= 11 is 0. The van der Waals surface area contributed by atoms with Gasteiger partial charge in [-0.3, -0.25) is 9.63 Å². The summed E-state index contributed by atoms with van der Waals surface area (Å²) in [6.45, 7) is 1.96. The molecular formula is C20H23F2NO3.